The molecule has 0 unspecified atom stereocenters. The molecule has 0 radical (unpaired) electrons. The van der Waals surface area contributed by atoms with Gasteiger partial charge >= 0.3 is 0 Å². The summed E-state index contributed by atoms with van der Waals surface area (Å²) in [6, 6.07) is 21.8. The molecule has 0 aliphatic rings. The fourth-order valence-corrected chi connectivity index (χ4v) is 2.60. The van der Waals surface area contributed by atoms with Crippen molar-refractivity contribution in [3.8, 4) is 0 Å². The summed E-state index contributed by atoms with van der Waals surface area (Å²) >= 11 is 0. The fraction of sp³-hybridized carbons (Fsp3) is 0.0909. The van der Waals surface area contributed by atoms with E-state index < -0.39 is 0 Å². The molecule has 0 aliphatic carbocycles. The minimum Gasteiger partial charge on any atom is -0.289 e. The molecule has 0 amide bonds. The van der Waals surface area contributed by atoms with Gasteiger partial charge in [0.25, 0.3) is 0 Å². The van der Waals surface area contributed by atoms with Crippen LogP contribution in [0.2, 0.25) is 0 Å². The Labute approximate surface area is 141 Å². The van der Waals surface area contributed by atoms with E-state index in [-0.39, 0.29) is 11.6 Å². The van der Waals surface area contributed by atoms with Crippen molar-refractivity contribution in [2.24, 2.45) is 0 Å². The molecule has 3 aromatic carbocycles. The van der Waals surface area contributed by atoms with Crippen LogP contribution in [0.3, 0.4) is 0 Å². The van der Waals surface area contributed by atoms with Crippen molar-refractivity contribution >= 4 is 11.6 Å². The molecule has 0 heterocycles. The van der Waals surface area contributed by atoms with Crippen LogP contribution in [-0.4, -0.2) is 11.6 Å². The van der Waals surface area contributed by atoms with E-state index >= 15 is 0 Å². The van der Waals surface area contributed by atoms with E-state index in [0.717, 1.165) is 11.1 Å². The van der Waals surface area contributed by atoms with Crippen LogP contribution in [0.1, 0.15) is 43.0 Å². The first-order chi connectivity index (χ1) is 11.6. The number of rotatable bonds is 4. The molecule has 0 fully saturated rings. The summed E-state index contributed by atoms with van der Waals surface area (Å²) in [5, 5.41) is 0. The number of aryl methyl sites for hydroxylation is 2. The fourth-order valence-electron chi connectivity index (χ4n) is 2.60. The Kier molecular flexibility index (Phi) is 4.39. The van der Waals surface area contributed by atoms with Crippen LogP contribution in [0.25, 0.3) is 0 Å². The Balaban J connectivity index is 2.01. The van der Waals surface area contributed by atoms with Crippen LogP contribution in [-0.2, 0) is 0 Å². The minimum atomic E-state index is -0.133. The number of ketones is 2. The molecule has 2 nitrogen and oxygen atoms in total. The summed E-state index contributed by atoms with van der Waals surface area (Å²) in [5.74, 6) is -0.267. The van der Waals surface area contributed by atoms with Gasteiger partial charge in [0, 0.05) is 22.3 Å². The Morgan fingerprint density at radius 3 is 1.21 bits per heavy atom. The largest absolute Gasteiger partial charge is 0.289 e. The average molecular weight is 314 g/mol. The maximum atomic E-state index is 12.8. The lowest BCUT2D eigenvalue weighted by Gasteiger charge is -2.09. The van der Waals surface area contributed by atoms with Gasteiger partial charge in [-0.1, -0.05) is 83.9 Å². The average Bonchev–Trinajstić information content (AvgIpc) is 2.62. The highest BCUT2D eigenvalue weighted by molar-refractivity contribution is 6.19. The van der Waals surface area contributed by atoms with E-state index in [2.05, 4.69) is 0 Å². The van der Waals surface area contributed by atoms with Crippen molar-refractivity contribution < 1.29 is 9.59 Å². The van der Waals surface area contributed by atoms with Gasteiger partial charge in [-0.15, -0.1) is 0 Å². The van der Waals surface area contributed by atoms with Crippen LogP contribution < -0.4 is 0 Å². The Hall–Kier alpha value is -3.00. The molecule has 0 bridgehead atoms. The maximum Gasteiger partial charge on any atom is 0.193 e. The minimum absolute atomic E-state index is 0.133. The predicted molar refractivity (Wildman–Crippen MR) is 95.7 cm³/mol. The predicted octanol–water partition coefficient (Wildman–Crippen LogP) is 4.77. The second kappa shape index (κ2) is 6.63. The Morgan fingerprint density at radius 1 is 0.542 bits per heavy atom. The third kappa shape index (κ3) is 3.18. The smallest absolute Gasteiger partial charge is 0.193 e. The quantitative estimate of drug-likeness (QED) is 0.650. The first-order valence-electron chi connectivity index (χ1n) is 7.88. The number of hydrogen-bond donors (Lipinski definition) is 0. The van der Waals surface area contributed by atoms with Gasteiger partial charge in [0.1, 0.15) is 0 Å². The lowest BCUT2D eigenvalue weighted by Crippen LogP contribution is -2.11. The van der Waals surface area contributed by atoms with Gasteiger partial charge in [-0.25, -0.2) is 0 Å². The van der Waals surface area contributed by atoms with E-state index in [0.29, 0.717) is 22.3 Å². The maximum absolute atomic E-state index is 12.8. The molecular weight excluding hydrogens is 296 g/mol. The molecule has 118 valence electrons. The molecule has 0 saturated heterocycles. The molecular formula is C22H18O2. The van der Waals surface area contributed by atoms with Gasteiger partial charge < -0.3 is 0 Å². The Morgan fingerprint density at radius 2 is 0.875 bits per heavy atom. The molecule has 0 atom stereocenters. The van der Waals surface area contributed by atoms with Crippen LogP contribution in [0, 0.1) is 13.8 Å². The Bertz CT molecular complexity index is 812. The zero-order valence-corrected chi connectivity index (χ0v) is 13.7. The summed E-state index contributed by atoms with van der Waals surface area (Å²) in [5.41, 5.74) is 4.24. The highest BCUT2D eigenvalue weighted by atomic mass is 16.1. The normalized spacial score (nSPS) is 10.4. The third-order valence-electron chi connectivity index (χ3n) is 4.04. The topological polar surface area (TPSA) is 34.1 Å². The summed E-state index contributed by atoms with van der Waals surface area (Å²) in [7, 11) is 0. The van der Waals surface area contributed by atoms with Crippen LogP contribution in [0.4, 0.5) is 0 Å². The highest BCUT2D eigenvalue weighted by Gasteiger charge is 2.19. The summed E-state index contributed by atoms with van der Waals surface area (Å²) in [4.78, 5) is 25.6. The van der Waals surface area contributed by atoms with E-state index in [4.69, 9.17) is 0 Å². The summed E-state index contributed by atoms with van der Waals surface area (Å²) in [6.07, 6.45) is 0. The van der Waals surface area contributed by atoms with E-state index in [1.165, 1.54) is 0 Å². The van der Waals surface area contributed by atoms with Crippen molar-refractivity contribution in [3.63, 3.8) is 0 Å². The SMILES string of the molecule is Cc1ccc(C(=O)c2ccccc2C(=O)c2ccc(C)cc2)cc1. The number of carbonyl (C=O) groups is 2. The van der Waals surface area contributed by atoms with Crippen LogP contribution in [0.15, 0.2) is 72.8 Å². The zero-order chi connectivity index (χ0) is 17.1. The van der Waals surface area contributed by atoms with Crippen molar-refractivity contribution in [2.75, 3.05) is 0 Å². The van der Waals surface area contributed by atoms with Crippen molar-refractivity contribution in [1.82, 2.24) is 0 Å². The second-order valence-electron chi connectivity index (χ2n) is 5.94. The zero-order valence-electron chi connectivity index (χ0n) is 13.7. The first kappa shape index (κ1) is 15.9. The van der Waals surface area contributed by atoms with Gasteiger partial charge in [-0.3, -0.25) is 9.59 Å². The molecule has 3 aromatic rings. The standard InChI is InChI=1S/C22H18O2/c1-15-7-11-17(12-8-15)21(23)19-5-3-4-6-20(19)22(24)18-13-9-16(2)10-14-18/h3-14H,1-2H3. The van der Waals surface area contributed by atoms with Crippen molar-refractivity contribution in [3.05, 3.63) is 106 Å². The molecule has 0 saturated carbocycles. The van der Waals surface area contributed by atoms with Gasteiger partial charge in [0.2, 0.25) is 0 Å². The van der Waals surface area contributed by atoms with Gasteiger partial charge in [0.05, 0.1) is 0 Å². The molecule has 0 N–H and O–H groups in total. The number of hydrogen-bond acceptors (Lipinski definition) is 2. The third-order valence-corrected chi connectivity index (χ3v) is 4.04. The molecule has 0 spiro atoms. The molecule has 0 aliphatic heterocycles. The number of benzene rings is 3. The van der Waals surface area contributed by atoms with Gasteiger partial charge in [0.15, 0.2) is 11.6 Å². The van der Waals surface area contributed by atoms with E-state index in [1.807, 2.05) is 38.1 Å². The molecule has 0 aromatic heterocycles. The van der Waals surface area contributed by atoms with Gasteiger partial charge in [-0.2, -0.15) is 0 Å². The summed E-state index contributed by atoms with van der Waals surface area (Å²) in [6.45, 7) is 3.95. The van der Waals surface area contributed by atoms with E-state index in [9.17, 15) is 9.59 Å². The first-order valence-corrected chi connectivity index (χ1v) is 7.88. The van der Waals surface area contributed by atoms with Crippen molar-refractivity contribution in [1.29, 1.82) is 0 Å². The van der Waals surface area contributed by atoms with Gasteiger partial charge in [-0.05, 0) is 13.8 Å². The monoisotopic (exact) mass is 314 g/mol. The highest BCUT2D eigenvalue weighted by Crippen LogP contribution is 2.19. The number of carbonyl (C=O) groups excluding carboxylic acids is 2. The van der Waals surface area contributed by atoms with Crippen LogP contribution in [0.5, 0.6) is 0 Å². The lowest BCUT2D eigenvalue weighted by atomic mass is 9.93. The molecule has 3 rings (SSSR count). The summed E-state index contributed by atoms with van der Waals surface area (Å²) < 4.78 is 0. The lowest BCUT2D eigenvalue weighted by molar-refractivity contribution is 0.100. The van der Waals surface area contributed by atoms with Crippen molar-refractivity contribution in [2.45, 2.75) is 13.8 Å². The van der Waals surface area contributed by atoms with Crippen LogP contribution >= 0.6 is 0 Å². The second-order valence-corrected chi connectivity index (χ2v) is 5.94. The molecule has 24 heavy (non-hydrogen) atoms. The molecule has 2 heteroatoms. The van der Waals surface area contributed by atoms with E-state index in [1.54, 1.807) is 48.5 Å².